The molecule has 0 saturated heterocycles. The van der Waals surface area contributed by atoms with Gasteiger partial charge in [0.05, 0.1) is 5.69 Å². The summed E-state index contributed by atoms with van der Waals surface area (Å²) in [5.41, 5.74) is 7.30. The molecule has 0 bridgehead atoms. The highest BCUT2D eigenvalue weighted by Crippen LogP contribution is 2.27. The fourth-order valence-corrected chi connectivity index (χ4v) is 1.72. The molecule has 18 heavy (non-hydrogen) atoms. The van der Waals surface area contributed by atoms with Crippen molar-refractivity contribution in [3.05, 3.63) is 53.9 Å². The van der Waals surface area contributed by atoms with Crippen LogP contribution in [-0.4, -0.2) is 16.7 Å². The summed E-state index contributed by atoms with van der Waals surface area (Å²) in [7, 11) is 0. The van der Waals surface area contributed by atoms with Crippen LogP contribution in [-0.2, 0) is 13.0 Å². The van der Waals surface area contributed by atoms with Crippen LogP contribution in [0.15, 0.2) is 42.6 Å². The van der Waals surface area contributed by atoms with Crippen LogP contribution in [0.1, 0.15) is 11.3 Å². The summed E-state index contributed by atoms with van der Waals surface area (Å²) in [4.78, 5) is 4.17. The van der Waals surface area contributed by atoms with Crippen molar-refractivity contribution in [2.45, 2.75) is 13.0 Å². The van der Waals surface area contributed by atoms with Gasteiger partial charge in [0, 0.05) is 19.3 Å². The third kappa shape index (κ3) is 2.85. The predicted octanol–water partition coefficient (Wildman–Crippen LogP) is 1.87. The van der Waals surface area contributed by atoms with Gasteiger partial charge in [-0.1, -0.05) is 18.2 Å². The third-order valence-electron chi connectivity index (χ3n) is 2.62. The number of pyridine rings is 1. The lowest BCUT2D eigenvalue weighted by molar-refractivity contribution is 0.298. The molecule has 0 radical (unpaired) electrons. The molecule has 1 heterocycles. The topological polar surface area (TPSA) is 68.4 Å². The Bertz CT molecular complexity index is 515. The first-order valence-corrected chi connectivity index (χ1v) is 5.85. The number of aliphatic hydroxyl groups excluding tert-OH is 1. The van der Waals surface area contributed by atoms with Crippen molar-refractivity contribution in [2.24, 2.45) is 5.73 Å². The molecule has 0 aliphatic rings. The van der Waals surface area contributed by atoms with Gasteiger partial charge in [0.15, 0.2) is 0 Å². The van der Waals surface area contributed by atoms with Crippen LogP contribution in [0.4, 0.5) is 0 Å². The van der Waals surface area contributed by atoms with E-state index in [1.54, 1.807) is 6.20 Å². The Morgan fingerprint density at radius 1 is 1.11 bits per heavy atom. The van der Waals surface area contributed by atoms with Crippen molar-refractivity contribution >= 4 is 0 Å². The summed E-state index contributed by atoms with van der Waals surface area (Å²) in [6.07, 6.45) is 2.25. The van der Waals surface area contributed by atoms with Crippen LogP contribution in [0, 0.1) is 0 Å². The first-order valence-electron chi connectivity index (χ1n) is 5.85. The van der Waals surface area contributed by atoms with Crippen molar-refractivity contribution in [1.29, 1.82) is 0 Å². The van der Waals surface area contributed by atoms with E-state index in [2.05, 4.69) is 4.98 Å². The number of rotatable bonds is 5. The molecule has 0 atom stereocenters. The molecule has 4 nitrogen and oxygen atoms in total. The maximum Gasteiger partial charge on any atom is 0.150 e. The summed E-state index contributed by atoms with van der Waals surface area (Å²) in [6.45, 7) is 0.426. The molecule has 2 aromatic rings. The molecule has 0 aliphatic carbocycles. The standard InChI is InChI=1S/C14H16N2O2/c15-10-12-14(6-3-8-16-12)18-13-5-2-1-4-11(13)7-9-17/h1-6,8,17H,7,9-10,15H2. The monoisotopic (exact) mass is 244 g/mol. The number of aliphatic hydroxyl groups is 1. The number of para-hydroxylation sites is 1. The Hall–Kier alpha value is -1.91. The lowest BCUT2D eigenvalue weighted by Gasteiger charge is -2.12. The number of aromatic nitrogens is 1. The molecule has 0 unspecified atom stereocenters. The zero-order valence-electron chi connectivity index (χ0n) is 10.0. The second kappa shape index (κ2) is 6.14. The number of hydrogen-bond donors (Lipinski definition) is 2. The highest BCUT2D eigenvalue weighted by molar-refractivity contribution is 5.39. The van der Waals surface area contributed by atoms with Crippen molar-refractivity contribution in [2.75, 3.05) is 6.61 Å². The van der Waals surface area contributed by atoms with Gasteiger partial charge >= 0.3 is 0 Å². The summed E-state index contributed by atoms with van der Waals surface area (Å²) < 4.78 is 5.83. The van der Waals surface area contributed by atoms with Gasteiger partial charge in [0.1, 0.15) is 11.5 Å². The fourth-order valence-electron chi connectivity index (χ4n) is 1.72. The summed E-state index contributed by atoms with van der Waals surface area (Å²) in [5, 5.41) is 9.02. The third-order valence-corrected chi connectivity index (χ3v) is 2.62. The highest BCUT2D eigenvalue weighted by Gasteiger charge is 2.07. The van der Waals surface area contributed by atoms with E-state index in [0.29, 0.717) is 18.7 Å². The Balaban J connectivity index is 2.28. The second-order valence-electron chi connectivity index (χ2n) is 3.84. The highest BCUT2D eigenvalue weighted by atomic mass is 16.5. The largest absolute Gasteiger partial charge is 0.455 e. The molecular weight excluding hydrogens is 228 g/mol. The number of hydrogen-bond acceptors (Lipinski definition) is 4. The summed E-state index contributed by atoms with van der Waals surface area (Å²) in [6, 6.07) is 11.3. The molecule has 1 aromatic carbocycles. The van der Waals surface area contributed by atoms with Crippen LogP contribution in [0.5, 0.6) is 11.5 Å². The zero-order chi connectivity index (χ0) is 12.8. The second-order valence-corrected chi connectivity index (χ2v) is 3.84. The van der Waals surface area contributed by atoms with Crippen LogP contribution in [0.3, 0.4) is 0 Å². The molecule has 2 rings (SSSR count). The smallest absolute Gasteiger partial charge is 0.150 e. The number of ether oxygens (including phenoxy) is 1. The lowest BCUT2D eigenvalue weighted by atomic mass is 10.1. The van der Waals surface area contributed by atoms with Crippen molar-refractivity contribution in [1.82, 2.24) is 4.98 Å². The Labute approximate surface area is 106 Å². The van der Waals surface area contributed by atoms with Gasteiger partial charge in [-0.05, 0) is 30.2 Å². The number of nitrogens with zero attached hydrogens (tertiary/aromatic N) is 1. The Morgan fingerprint density at radius 3 is 2.67 bits per heavy atom. The quantitative estimate of drug-likeness (QED) is 0.842. The van der Waals surface area contributed by atoms with E-state index in [0.717, 1.165) is 17.0 Å². The van der Waals surface area contributed by atoms with Gasteiger partial charge in [-0.15, -0.1) is 0 Å². The van der Waals surface area contributed by atoms with Gasteiger partial charge in [0.2, 0.25) is 0 Å². The molecule has 3 N–H and O–H groups in total. The predicted molar refractivity (Wildman–Crippen MR) is 69.4 cm³/mol. The van der Waals surface area contributed by atoms with E-state index in [1.165, 1.54) is 0 Å². The minimum Gasteiger partial charge on any atom is -0.455 e. The van der Waals surface area contributed by atoms with Gasteiger partial charge in [0.25, 0.3) is 0 Å². The zero-order valence-corrected chi connectivity index (χ0v) is 10.0. The Kier molecular flexibility index (Phi) is 4.28. The van der Waals surface area contributed by atoms with Crippen molar-refractivity contribution < 1.29 is 9.84 Å². The fraction of sp³-hybridized carbons (Fsp3) is 0.214. The SMILES string of the molecule is NCc1ncccc1Oc1ccccc1CCO. The van der Waals surface area contributed by atoms with E-state index in [4.69, 9.17) is 15.6 Å². The van der Waals surface area contributed by atoms with Crippen molar-refractivity contribution in [3.8, 4) is 11.5 Å². The summed E-state index contributed by atoms with van der Waals surface area (Å²) in [5.74, 6) is 1.39. The number of benzene rings is 1. The van der Waals surface area contributed by atoms with Gasteiger partial charge < -0.3 is 15.6 Å². The van der Waals surface area contributed by atoms with Crippen LogP contribution in [0.25, 0.3) is 0 Å². The molecule has 0 amide bonds. The summed E-state index contributed by atoms with van der Waals surface area (Å²) >= 11 is 0. The number of nitrogens with two attached hydrogens (primary N) is 1. The van der Waals surface area contributed by atoms with E-state index in [1.807, 2.05) is 36.4 Å². The van der Waals surface area contributed by atoms with Gasteiger partial charge in [-0.3, -0.25) is 4.98 Å². The molecule has 4 heteroatoms. The Morgan fingerprint density at radius 2 is 1.89 bits per heavy atom. The van der Waals surface area contributed by atoms with Crippen LogP contribution in [0.2, 0.25) is 0 Å². The van der Waals surface area contributed by atoms with E-state index < -0.39 is 0 Å². The normalized spacial score (nSPS) is 10.3. The molecule has 0 spiro atoms. The molecule has 0 aliphatic heterocycles. The van der Waals surface area contributed by atoms with E-state index >= 15 is 0 Å². The first-order chi connectivity index (χ1) is 8.85. The molecule has 94 valence electrons. The van der Waals surface area contributed by atoms with Crippen molar-refractivity contribution in [3.63, 3.8) is 0 Å². The molecule has 0 fully saturated rings. The average Bonchev–Trinajstić information content (AvgIpc) is 2.42. The minimum atomic E-state index is 0.0944. The molecule has 1 aromatic heterocycles. The molecule has 0 saturated carbocycles. The maximum atomic E-state index is 9.02. The minimum absolute atomic E-state index is 0.0944. The van der Waals surface area contributed by atoms with Crippen LogP contribution < -0.4 is 10.5 Å². The van der Waals surface area contributed by atoms with E-state index in [9.17, 15) is 0 Å². The average molecular weight is 244 g/mol. The first kappa shape index (κ1) is 12.5. The van der Waals surface area contributed by atoms with Gasteiger partial charge in [-0.2, -0.15) is 0 Å². The van der Waals surface area contributed by atoms with Gasteiger partial charge in [-0.25, -0.2) is 0 Å². The molecular formula is C14H16N2O2. The van der Waals surface area contributed by atoms with Crippen LogP contribution >= 0.6 is 0 Å². The lowest BCUT2D eigenvalue weighted by Crippen LogP contribution is -2.03. The maximum absolute atomic E-state index is 9.02. The van der Waals surface area contributed by atoms with E-state index in [-0.39, 0.29) is 6.61 Å².